The van der Waals surface area contributed by atoms with Crippen LogP contribution in [0.15, 0.2) is 64.7 Å². The van der Waals surface area contributed by atoms with Crippen LogP contribution in [0.1, 0.15) is 12.5 Å². The number of ether oxygens (including phenoxy) is 1. The van der Waals surface area contributed by atoms with Gasteiger partial charge in [0.15, 0.2) is 0 Å². The molecule has 9 heteroatoms. The molecule has 0 atom stereocenters. The second-order valence-corrected chi connectivity index (χ2v) is 7.56. The number of hydrogen-bond acceptors (Lipinski definition) is 4. The molecule has 2 aromatic rings. The fourth-order valence-electron chi connectivity index (χ4n) is 2.66. The van der Waals surface area contributed by atoms with Crippen LogP contribution >= 0.6 is 0 Å². The molecular formula is C19H18FN3O4S. The third-order valence-corrected chi connectivity index (χ3v) is 5.41. The standard InChI is InChI=1S/C19H18FN3O4S/c1-13-17(19(24)21-16-9-7-15(20)8-10-16)12-23(28(25,26)22-13)11-14-5-3-4-6-18(14)27-2/h3-10,12H,11H2,1-2H3,(H,21,24). The highest BCUT2D eigenvalue weighted by Gasteiger charge is 2.28. The Labute approximate surface area is 162 Å². The highest BCUT2D eigenvalue weighted by atomic mass is 32.2. The third-order valence-electron chi connectivity index (χ3n) is 4.08. The van der Waals surface area contributed by atoms with Crippen molar-refractivity contribution >= 4 is 27.5 Å². The van der Waals surface area contributed by atoms with Gasteiger partial charge >= 0.3 is 10.2 Å². The molecule has 146 valence electrons. The Morgan fingerprint density at radius 2 is 1.86 bits per heavy atom. The molecular weight excluding hydrogens is 385 g/mol. The Balaban J connectivity index is 1.89. The van der Waals surface area contributed by atoms with Gasteiger partial charge in [0.05, 0.1) is 24.9 Å². The molecule has 28 heavy (non-hydrogen) atoms. The molecule has 0 unspecified atom stereocenters. The number of rotatable bonds is 5. The lowest BCUT2D eigenvalue weighted by molar-refractivity contribution is -0.112. The molecule has 0 aliphatic carbocycles. The summed E-state index contributed by atoms with van der Waals surface area (Å²) in [6, 6.07) is 12.2. The van der Waals surface area contributed by atoms with Crippen LogP contribution in [-0.2, 0) is 21.5 Å². The lowest BCUT2D eigenvalue weighted by Gasteiger charge is -2.24. The van der Waals surface area contributed by atoms with Crippen molar-refractivity contribution in [2.75, 3.05) is 12.4 Å². The summed E-state index contributed by atoms with van der Waals surface area (Å²) in [6.45, 7) is 1.39. The van der Waals surface area contributed by atoms with Crippen molar-refractivity contribution in [3.8, 4) is 5.75 Å². The predicted molar refractivity (Wildman–Crippen MR) is 104 cm³/mol. The van der Waals surface area contributed by atoms with Crippen LogP contribution in [0.2, 0.25) is 0 Å². The van der Waals surface area contributed by atoms with Crippen molar-refractivity contribution in [2.24, 2.45) is 4.40 Å². The second kappa shape index (κ2) is 7.81. The van der Waals surface area contributed by atoms with Crippen LogP contribution in [0.25, 0.3) is 0 Å². The van der Waals surface area contributed by atoms with Gasteiger partial charge in [-0.25, -0.2) is 4.39 Å². The van der Waals surface area contributed by atoms with Gasteiger partial charge in [-0.2, -0.15) is 8.42 Å². The van der Waals surface area contributed by atoms with Gasteiger partial charge in [-0.05, 0) is 37.3 Å². The molecule has 0 radical (unpaired) electrons. The van der Waals surface area contributed by atoms with Crippen LogP contribution < -0.4 is 10.1 Å². The van der Waals surface area contributed by atoms with Crippen molar-refractivity contribution in [1.29, 1.82) is 0 Å². The van der Waals surface area contributed by atoms with Crippen LogP contribution in [-0.4, -0.2) is 31.5 Å². The number of halogens is 1. The number of carbonyl (C=O) groups excluding carboxylic acids is 1. The normalized spacial score (nSPS) is 15.5. The Bertz CT molecular complexity index is 1060. The van der Waals surface area contributed by atoms with Gasteiger partial charge in [-0.15, -0.1) is 4.40 Å². The SMILES string of the molecule is COc1ccccc1CN1C=C(C(=O)Nc2ccc(F)cc2)C(C)=NS1(=O)=O. The first-order chi connectivity index (χ1) is 13.3. The average molecular weight is 403 g/mol. The average Bonchev–Trinajstić information content (AvgIpc) is 2.65. The number of methoxy groups -OCH3 is 1. The van der Waals surface area contributed by atoms with Crippen molar-refractivity contribution < 1.29 is 22.3 Å². The summed E-state index contributed by atoms with van der Waals surface area (Å²) in [6.07, 6.45) is 1.24. The number of carbonyl (C=O) groups is 1. The number of anilines is 1. The second-order valence-electron chi connectivity index (χ2n) is 6.02. The molecule has 1 N–H and O–H groups in total. The van der Waals surface area contributed by atoms with Gasteiger partial charge in [0, 0.05) is 17.5 Å². The van der Waals surface area contributed by atoms with E-state index in [1.54, 1.807) is 24.3 Å². The zero-order valence-corrected chi connectivity index (χ0v) is 16.0. The van der Waals surface area contributed by atoms with E-state index in [1.807, 2.05) is 0 Å². The molecule has 0 aromatic heterocycles. The fourth-order valence-corrected chi connectivity index (χ4v) is 3.75. The summed E-state index contributed by atoms with van der Waals surface area (Å²) >= 11 is 0. The molecule has 7 nitrogen and oxygen atoms in total. The van der Waals surface area contributed by atoms with Gasteiger partial charge < -0.3 is 10.1 Å². The first-order valence-corrected chi connectivity index (χ1v) is 9.69. The highest BCUT2D eigenvalue weighted by molar-refractivity contribution is 7.88. The van der Waals surface area contributed by atoms with E-state index in [-0.39, 0.29) is 17.8 Å². The van der Waals surface area contributed by atoms with Gasteiger partial charge in [0.25, 0.3) is 5.91 Å². The van der Waals surface area contributed by atoms with E-state index in [0.717, 1.165) is 4.31 Å². The fraction of sp³-hybridized carbons (Fsp3) is 0.158. The van der Waals surface area contributed by atoms with Crippen molar-refractivity contribution in [3.05, 3.63) is 71.7 Å². The van der Waals surface area contributed by atoms with Crippen LogP contribution in [0, 0.1) is 5.82 Å². The maximum atomic E-state index is 13.0. The first-order valence-electron chi connectivity index (χ1n) is 8.29. The molecule has 0 saturated carbocycles. The molecule has 0 bridgehead atoms. The van der Waals surface area contributed by atoms with Gasteiger partial charge in [0.2, 0.25) is 0 Å². The first kappa shape index (κ1) is 19.6. The number of nitrogens with one attached hydrogen (secondary N) is 1. The van der Waals surface area contributed by atoms with Crippen LogP contribution in [0.5, 0.6) is 5.75 Å². The summed E-state index contributed by atoms with van der Waals surface area (Å²) in [7, 11) is -2.49. The van der Waals surface area contributed by atoms with E-state index >= 15 is 0 Å². The summed E-state index contributed by atoms with van der Waals surface area (Å²) in [4.78, 5) is 12.6. The minimum absolute atomic E-state index is 0.0452. The Morgan fingerprint density at radius 1 is 1.18 bits per heavy atom. The zero-order chi connectivity index (χ0) is 20.3. The van der Waals surface area contributed by atoms with Crippen molar-refractivity contribution in [3.63, 3.8) is 0 Å². The van der Waals surface area contributed by atoms with Gasteiger partial charge in [0.1, 0.15) is 11.6 Å². The van der Waals surface area contributed by atoms with E-state index in [2.05, 4.69) is 9.71 Å². The van der Waals surface area contributed by atoms with Gasteiger partial charge in [-0.1, -0.05) is 18.2 Å². The minimum Gasteiger partial charge on any atom is -0.496 e. The molecule has 0 spiro atoms. The topological polar surface area (TPSA) is 88.1 Å². The predicted octanol–water partition coefficient (Wildman–Crippen LogP) is 2.88. The number of amides is 1. The van der Waals surface area contributed by atoms with Crippen LogP contribution in [0.4, 0.5) is 10.1 Å². The molecule has 1 heterocycles. The largest absolute Gasteiger partial charge is 0.496 e. The van der Waals surface area contributed by atoms with E-state index in [4.69, 9.17) is 4.74 Å². The Hall–Kier alpha value is -3.20. The van der Waals surface area contributed by atoms with Crippen molar-refractivity contribution in [1.82, 2.24) is 4.31 Å². The van der Waals surface area contributed by atoms with Crippen LogP contribution in [0.3, 0.4) is 0 Å². The summed E-state index contributed by atoms with van der Waals surface area (Å²) in [5.74, 6) is -0.454. The van der Waals surface area contributed by atoms with E-state index in [9.17, 15) is 17.6 Å². The lowest BCUT2D eigenvalue weighted by atomic mass is 10.1. The van der Waals surface area contributed by atoms with Gasteiger partial charge in [-0.3, -0.25) is 9.10 Å². The zero-order valence-electron chi connectivity index (χ0n) is 15.2. The molecule has 0 fully saturated rings. The quantitative estimate of drug-likeness (QED) is 0.832. The Morgan fingerprint density at radius 3 is 2.54 bits per heavy atom. The maximum Gasteiger partial charge on any atom is 0.344 e. The third kappa shape index (κ3) is 4.20. The lowest BCUT2D eigenvalue weighted by Crippen LogP contribution is -2.32. The molecule has 2 aromatic carbocycles. The number of hydrogen-bond donors (Lipinski definition) is 1. The summed E-state index contributed by atoms with van der Waals surface area (Å²) in [5.41, 5.74) is 1.16. The summed E-state index contributed by atoms with van der Waals surface area (Å²) in [5, 5.41) is 2.60. The smallest absolute Gasteiger partial charge is 0.344 e. The number of nitrogens with zero attached hydrogens (tertiary/aromatic N) is 2. The van der Waals surface area contributed by atoms with E-state index in [1.165, 1.54) is 44.5 Å². The Kier molecular flexibility index (Phi) is 5.46. The summed E-state index contributed by atoms with van der Waals surface area (Å²) < 4.78 is 47.8. The van der Waals surface area contributed by atoms with Crippen molar-refractivity contribution in [2.45, 2.75) is 13.5 Å². The van der Waals surface area contributed by atoms with E-state index in [0.29, 0.717) is 17.0 Å². The van der Waals surface area contributed by atoms with E-state index < -0.39 is 21.9 Å². The number of benzene rings is 2. The maximum absolute atomic E-state index is 13.0. The highest BCUT2D eigenvalue weighted by Crippen LogP contribution is 2.25. The molecule has 3 rings (SSSR count). The molecule has 1 amide bonds. The minimum atomic E-state index is -3.98. The monoisotopic (exact) mass is 403 g/mol. The molecule has 1 aliphatic rings. The number of para-hydroxylation sites is 1. The molecule has 0 saturated heterocycles. The molecule has 1 aliphatic heterocycles.